The summed E-state index contributed by atoms with van der Waals surface area (Å²) in [5.74, 6) is 0. The van der Waals surface area contributed by atoms with E-state index >= 15 is 0 Å². The Morgan fingerprint density at radius 1 is 1.29 bits per heavy atom. The molecule has 0 atom stereocenters. The normalized spacial score (nSPS) is 9.59. The van der Waals surface area contributed by atoms with Crippen molar-refractivity contribution >= 4 is 11.6 Å². The largest absolute Gasteiger partial charge is 0.317 e. The van der Waals surface area contributed by atoms with Crippen LogP contribution in [0.1, 0.15) is 17.0 Å². The van der Waals surface area contributed by atoms with Gasteiger partial charge >= 0.3 is 0 Å². The predicted molar refractivity (Wildman–Crippen MR) is 60.0 cm³/mol. The maximum atomic E-state index is 8.95. The first-order chi connectivity index (χ1) is 8.24. The zero-order valence-corrected chi connectivity index (χ0v) is 9.39. The molecule has 0 spiro atoms. The molecule has 2 rings (SSSR count). The Morgan fingerprint density at radius 3 is 2.76 bits per heavy atom. The molecule has 5 nitrogen and oxygen atoms in total. The highest BCUT2D eigenvalue weighted by atomic mass is 35.5. The number of imidazole rings is 1. The number of rotatable bonds is 2. The van der Waals surface area contributed by atoms with Gasteiger partial charge in [-0.1, -0.05) is 11.6 Å². The Morgan fingerprint density at radius 2 is 2.12 bits per heavy atom. The summed E-state index contributed by atoms with van der Waals surface area (Å²) in [4.78, 5) is 7.72. The lowest BCUT2D eigenvalue weighted by Gasteiger charge is -2.03. The first-order valence-electron chi connectivity index (χ1n) is 4.70. The summed E-state index contributed by atoms with van der Waals surface area (Å²) in [5.41, 5.74) is 1.27. The van der Waals surface area contributed by atoms with Crippen molar-refractivity contribution in [2.75, 3.05) is 0 Å². The van der Waals surface area contributed by atoms with E-state index in [9.17, 15) is 0 Å². The number of nitrogens with zero attached hydrogens (tertiary/aromatic N) is 5. The molecule has 17 heavy (non-hydrogen) atoms. The summed E-state index contributed by atoms with van der Waals surface area (Å²) in [6, 6.07) is 7.32. The van der Waals surface area contributed by atoms with Crippen LogP contribution in [-0.4, -0.2) is 14.5 Å². The first-order valence-corrected chi connectivity index (χ1v) is 5.08. The number of pyridine rings is 1. The summed E-state index contributed by atoms with van der Waals surface area (Å²) in [5, 5.41) is 18.1. The van der Waals surface area contributed by atoms with Crippen LogP contribution in [0.2, 0.25) is 5.15 Å². The highest BCUT2D eigenvalue weighted by Crippen LogP contribution is 2.11. The van der Waals surface area contributed by atoms with Gasteiger partial charge in [0.2, 0.25) is 0 Å². The van der Waals surface area contributed by atoms with E-state index in [4.69, 9.17) is 22.1 Å². The SMILES string of the molecule is N#Cc1ncn(Cc2ccnc(Cl)c2)c1C#N. The lowest BCUT2D eigenvalue weighted by atomic mass is 10.2. The Bertz CT molecular complexity index is 632. The lowest BCUT2D eigenvalue weighted by Crippen LogP contribution is -2.01. The van der Waals surface area contributed by atoms with E-state index in [0.717, 1.165) is 5.56 Å². The fourth-order valence-corrected chi connectivity index (χ4v) is 1.64. The maximum Gasteiger partial charge on any atom is 0.176 e. The van der Waals surface area contributed by atoms with Crippen molar-refractivity contribution in [3.63, 3.8) is 0 Å². The molecular formula is C11H6ClN5. The summed E-state index contributed by atoms with van der Waals surface area (Å²) in [7, 11) is 0. The smallest absolute Gasteiger partial charge is 0.176 e. The van der Waals surface area contributed by atoms with Crippen molar-refractivity contribution in [3.8, 4) is 12.1 Å². The average Bonchev–Trinajstić information content (AvgIpc) is 2.71. The molecule has 82 valence electrons. The lowest BCUT2D eigenvalue weighted by molar-refractivity contribution is 0.784. The zero-order valence-electron chi connectivity index (χ0n) is 8.63. The van der Waals surface area contributed by atoms with E-state index < -0.39 is 0 Å². The average molecular weight is 244 g/mol. The number of hydrogen-bond acceptors (Lipinski definition) is 4. The number of nitriles is 2. The van der Waals surface area contributed by atoms with Gasteiger partial charge in [-0.3, -0.25) is 0 Å². The van der Waals surface area contributed by atoms with Gasteiger partial charge in [-0.15, -0.1) is 0 Å². The van der Waals surface area contributed by atoms with Crippen LogP contribution >= 0.6 is 11.6 Å². The van der Waals surface area contributed by atoms with E-state index in [0.29, 0.717) is 11.7 Å². The van der Waals surface area contributed by atoms with Gasteiger partial charge in [0.1, 0.15) is 17.3 Å². The Hall–Kier alpha value is -2.37. The molecule has 0 saturated carbocycles. The molecule has 0 aliphatic carbocycles. The van der Waals surface area contributed by atoms with Crippen LogP contribution in [0.25, 0.3) is 0 Å². The molecule has 0 N–H and O–H groups in total. The van der Waals surface area contributed by atoms with Crippen molar-refractivity contribution < 1.29 is 0 Å². The van der Waals surface area contributed by atoms with E-state index in [2.05, 4.69) is 9.97 Å². The zero-order chi connectivity index (χ0) is 12.3. The molecule has 0 aromatic carbocycles. The summed E-state index contributed by atoms with van der Waals surface area (Å²) in [6.07, 6.45) is 3.05. The molecule has 0 amide bonds. The molecule has 0 aliphatic heterocycles. The van der Waals surface area contributed by atoms with Crippen molar-refractivity contribution in [3.05, 3.63) is 46.8 Å². The molecule has 0 aliphatic rings. The third-order valence-electron chi connectivity index (χ3n) is 2.19. The Balaban J connectivity index is 2.35. The molecule has 2 aromatic heterocycles. The summed E-state index contributed by atoms with van der Waals surface area (Å²) < 4.78 is 1.60. The van der Waals surface area contributed by atoms with E-state index in [1.807, 2.05) is 12.1 Å². The second-order valence-electron chi connectivity index (χ2n) is 3.28. The molecule has 6 heteroatoms. The van der Waals surface area contributed by atoms with E-state index in [1.54, 1.807) is 22.9 Å². The number of aromatic nitrogens is 3. The Kier molecular flexibility index (Phi) is 3.04. The van der Waals surface area contributed by atoms with Gasteiger partial charge in [-0.05, 0) is 17.7 Å². The molecule has 0 unspecified atom stereocenters. The predicted octanol–water partition coefficient (Wildman–Crippen LogP) is 1.72. The topological polar surface area (TPSA) is 78.3 Å². The van der Waals surface area contributed by atoms with Gasteiger partial charge in [0.05, 0.1) is 6.33 Å². The Labute approximate surface area is 103 Å². The van der Waals surface area contributed by atoms with Crippen molar-refractivity contribution in [2.45, 2.75) is 6.54 Å². The van der Waals surface area contributed by atoms with Crippen LogP contribution in [0.4, 0.5) is 0 Å². The quantitative estimate of drug-likeness (QED) is 0.753. The van der Waals surface area contributed by atoms with Crippen LogP contribution in [-0.2, 0) is 6.54 Å². The molecular weight excluding hydrogens is 238 g/mol. The van der Waals surface area contributed by atoms with Crippen LogP contribution < -0.4 is 0 Å². The van der Waals surface area contributed by atoms with Gasteiger partial charge in [-0.2, -0.15) is 10.5 Å². The van der Waals surface area contributed by atoms with Gasteiger partial charge in [-0.25, -0.2) is 9.97 Å². The minimum absolute atomic E-state index is 0.132. The van der Waals surface area contributed by atoms with E-state index in [-0.39, 0.29) is 11.4 Å². The monoisotopic (exact) mass is 243 g/mol. The van der Waals surface area contributed by atoms with Crippen LogP contribution in [0.15, 0.2) is 24.7 Å². The van der Waals surface area contributed by atoms with Crippen LogP contribution in [0, 0.1) is 22.7 Å². The number of halogens is 1. The first kappa shape index (κ1) is 11.1. The molecule has 2 heterocycles. The second-order valence-corrected chi connectivity index (χ2v) is 3.67. The molecule has 0 radical (unpaired) electrons. The van der Waals surface area contributed by atoms with Gasteiger partial charge < -0.3 is 4.57 Å². The maximum absolute atomic E-state index is 8.95. The van der Waals surface area contributed by atoms with Gasteiger partial charge in [0.25, 0.3) is 0 Å². The minimum Gasteiger partial charge on any atom is -0.317 e. The third-order valence-corrected chi connectivity index (χ3v) is 2.40. The molecule has 2 aromatic rings. The van der Waals surface area contributed by atoms with Gasteiger partial charge in [0, 0.05) is 12.7 Å². The second kappa shape index (κ2) is 4.65. The molecule has 0 fully saturated rings. The fourth-order valence-electron chi connectivity index (χ4n) is 1.44. The van der Waals surface area contributed by atoms with Crippen LogP contribution in [0.5, 0.6) is 0 Å². The summed E-state index contributed by atoms with van der Waals surface area (Å²) in [6.45, 7) is 0.430. The minimum atomic E-state index is 0.132. The van der Waals surface area contributed by atoms with Crippen molar-refractivity contribution in [2.24, 2.45) is 0 Å². The third kappa shape index (κ3) is 2.25. The van der Waals surface area contributed by atoms with Crippen LogP contribution in [0.3, 0.4) is 0 Å². The van der Waals surface area contributed by atoms with E-state index in [1.165, 1.54) is 6.33 Å². The van der Waals surface area contributed by atoms with Crippen molar-refractivity contribution in [1.82, 2.24) is 14.5 Å². The molecule has 0 saturated heterocycles. The summed E-state index contributed by atoms with van der Waals surface area (Å²) >= 11 is 5.76. The molecule has 0 bridgehead atoms. The standard InChI is InChI=1S/C11H6ClN5/c12-11-3-8(1-2-15-11)6-17-7-16-9(4-13)10(17)5-14/h1-3,7H,6H2. The van der Waals surface area contributed by atoms with Gasteiger partial charge in [0.15, 0.2) is 11.4 Å². The highest BCUT2D eigenvalue weighted by molar-refractivity contribution is 6.29. The van der Waals surface area contributed by atoms with Crippen molar-refractivity contribution in [1.29, 1.82) is 10.5 Å². The fraction of sp³-hybridized carbons (Fsp3) is 0.0909. The highest BCUT2D eigenvalue weighted by Gasteiger charge is 2.10. The number of hydrogen-bond donors (Lipinski definition) is 0.